The summed E-state index contributed by atoms with van der Waals surface area (Å²) < 4.78 is 10.8. The number of likely N-dealkylation sites (tertiary alicyclic amines) is 1. The van der Waals surface area contributed by atoms with E-state index in [2.05, 4.69) is 10.1 Å². The van der Waals surface area contributed by atoms with Crippen LogP contribution in [0.1, 0.15) is 35.0 Å². The minimum absolute atomic E-state index is 0.00652. The van der Waals surface area contributed by atoms with Crippen LogP contribution in [0, 0.1) is 0 Å². The molecular weight excluding hydrogens is 378 g/mol. The van der Waals surface area contributed by atoms with Crippen LogP contribution >= 0.6 is 11.6 Å². The first-order valence-corrected chi connectivity index (χ1v) is 9.55. The molecule has 0 N–H and O–H groups in total. The maximum Gasteiger partial charge on any atom is 0.255 e. The highest BCUT2D eigenvalue weighted by molar-refractivity contribution is 6.33. The van der Waals surface area contributed by atoms with Crippen molar-refractivity contribution < 1.29 is 14.1 Å². The molecule has 1 unspecified atom stereocenters. The molecule has 0 saturated carbocycles. The van der Waals surface area contributed by atoms with Crippen molar-refractivity contribution in [3.63, 3.8) is 0 Å². The summed E-state index contributed by atoms with van der Waals surface area (Å²) in [6, 6.07) is 14.6. The fourth-order valence-electron chi connectivity index (χ4n) is 3.45. The lowest BCUT2D eigenvalue weighted by Crippen LogP contribution is -2.39. The maximum absolute atomic E-state index is 12.9. The third-order valence-electron chi connectivity index (χ3n) is 4.93. The van der Waals surface area contributed by atoms with Gasteiger partial charge in [0.15, 0.2) is 0 Å². The average Bonchev–Trinajstić information content (AvgIpc) is 3.24. The molecule has 0 spiro atoms. The van der Waals surface area contributed by atoms with E-state index < -0.39 is 0 Å². The standard InChI is InChI=1S/C21H20ClN3O3/c1-27-16-8-4-6-14(12-16)19-23-20(28-24-19)15-7-5-11-25(13-15)21(26)17-9-2-3-10-18(17)22/h2-4,6,8-10,12,15H,5,7,11,13H2,1H3. The van der Waals surface area contributed by atoms with Crippen LogP contribution in [0.4, 0.5) is 0 Å². The van der Waals surface area contributed by atoms with Gasteiger partial charge in [-0.1, -0.05) is 41.0 Å². The molecule has 1 aliphatic rings. The Morgan fingerprint density at radius 1 is 1.25 bits per heavy atom. The second-order valence-electron chi connectivity index (χ2n) is 6.76. The Morgan fingerprint density at radius 2 is 2.11 bits per heavy atom. The Hall–Kier alpha value is -2.86. The predicted molar refractivity (Wildman–Crippen MR) is 106 cm³/mol. The predicted octanol–water partition coefficient (Wildman–Crippen LogP) is 4.42. The zero-order valence-electron chi connectivity index (χ0n) is 15.5. The minimum Gasteiger partial charge on any atom is -0.497 e. The van der Waals surface area contributed by atoms with Gasteiger partial charge in [-0.2, -0.15) is 4.98 Å². The van der Waals surface area contributed by atoms with Gasteiger partial charge in [0.05, 0.1) is 23.6 Å². The van der Waals surface area contributed by atoms with Crippen LogP contribution in [-0.4, -0.2) is 41.1 Å². The van der Waals surface area contributed by atoms with Crippen molar-refractivity contribution in [3.05, 3.63) is 65.0 Å². The van der Waals surface area contributed by atoms with E-state index in [0.29, 0.717) is 35.4 Å². The van der Waals surface area contributed by atoms with Gasteiger partial charge in [-0.05, 0) is 37.1 Å². The number of halogens is 1. The number of aromatic nitrogens is 2. The molecule has 1 amide bonds. The van der Waals surface area contributed by atoms with Gasteiger partial charge in [0.1, 0.15) is 5.75 Å². The number of hydrogen-bond acceptors (Lipinski definition) is 5. The largest absolute Gasteiger partial charge is 0.497 e. The molecule has 28 heavy (non-hydrogen) atoms. The average molecular weight is 398 g/mol. The van der Waals surface area contributed by atoms with E-state index in [9.17, 15) is 4.79 Å². The van der Waals surface area contributed by atoms with Gasteiger partial charge in [0.25, 0.3) is 5.91 Å². The second-order valence-corrected chi connectivity index (χ2v) is 7.17. The number of piperidine rings is 1. The maximum atomic E-state index is 12.9. The van der Waals surface area contributed by atoms with Crippen molar-refractivity contribution in [2.24, 2.45) is 0 Å². The Morgan fingerprint density at radius 3 is 2.93 bits per heavy atom. The molecule has 0 aliphatic carbocycles. The quantitative estimate of drug-likeness (QED) is 0.651. The topological polar surface area (TPSA) is 68.5 Å². The van der Waals surface area contributed by atoms with Gasteiger partial charge in [-0.15, -0.1) is 0 Å². The number of rotatable bonds is 4. The van der Waals surface area contributed by atoms with Crippen molar-refractivity contribution in [1.29, 1.82) is 0 Å². The van der Waals surface area contributed by atoms with Gasteiger partial charge < -0.3 is 14.2 Å². The Labute approximate surface area is 168 Å². The Kier molecular flexibility index (Phi) is 5.30. The number of methoxy groups -OCH3 is 1. The van der Waals surface area contributed by atoms with Crippen molar-refractivity contribution in [1.82, 2.24) is 15.0 Å². The minimum atomic E-state index is -0.0668. The fraction of sp³-hybridized carbons (Fsp3) is 0.286. The first-order chi connectivity index (χ1) is 13.7. The lowest BCUT2D eigenvalue weighted by atomic mass is 9.97. The van der Waals surface area contributed by atoms with Gasteiger partial charge in [-0.3, -0.25) is 4.79 Å². The molecule has 1 fully saturated rings. The summed E-state index contributed by atoms with van der Waals surface area (Å²) in [6.45, 7) is 1.22. The van der Waals surface area contributed by atoms with Crippen molar-refractivity contribution in [2.75, 3.05) is 20.2 Å². The monoisotopic (exact) mass is 397 g/mol. The van der Waals surface area contributed by atoms with E-state index in [1.165, 1.54) is 0 Å². The summed E-state index contributed by atoms with van der Waals surface area (Å²) in [5, 5.41) is 4.58. The van der Waals surface area contributed by atoms with E-state index >= 15 is 0 Å². The van der Waals surface area contributed by atoms with Crippen LogP contribution in [0.3, 0.4) is 0 Å². The number of hydrogen-bond donors (Lipinski definition) is 0. The molecule has 7 heteroatoms. The van der Waals surface area contributed by atoms with Gasteiger partial charge in [0.2, 0.25) is 11.7 Å². The number of carbonyl (C=O) groups is 1. The second kappa shape index (κ2) is 8.02. The molecule has 2 heterocycles. The first kappa shape index (κ1) is 18.5. The van der Waals surface area contributed by atoms with E-state index in [1.807, 2.05) is 41.3 Å². The summed E-state index contributed by atoms with van der Waals surface area (Å²) in [4.78, 5) is 19.2. The molecule has 2 aromatic carbocycles. The number of ether oxygens (including phenoxy) is 1. The summed E-state index contributed by atoms with van der Waals surface area (Å²) in [6.07, 6.45) is 1.77. The highest BCUT2D eigenvalue weighted by atomic mass is 35.5. The molecule has 3 aromatic rings. The van der Waals surface area contributed by atoms with E-state index in [0.717, 1.165) is 24.2 Å². The third-order valence-corrected chi connectivity index (χ3v) is 5.26. The smallest absolute Gasteiger partial charge is 0.255 e. The van der Waals surface area contributed by atoms with E-state index in [1.54, 1.807) is 19.2 Å². The number of benzene rings is 2. The van der Waals surface area contributed by atoms with Gasteiger partial charge in [0, 0.05) is 18.7 Å². The summed E-state index contributed by atoms with van der Waals surface area (Å²) in [5.41, 5.74) is 1.35. The molecule has 1 atom stereocenters. The normalized spacial score (nSPS) is 16.8. The highest BCUT2D eigenvalue weighted by Crippen LogP contribution is 2.30. The summed E-state index contributed by atoms with van der Waals surface area (Å²) >= 11 is 6.19. The number of nitrogens with zero attached hydrogens (tertiary/aromatic N) is 3. The van der Waals surface area contributed by atoms with Crippen molar-refractivity contribution in [2.45, 2.75) is 18.8 Å². The van der Waals surface area contributed by atoms with Crippen LogP contribution in [0.25, 0.3) is 11.4 Å². The van der Waals surface area contributed by atoms with Crippen molar-refractivity contribution >= 4 is 17.5 Å². The molecule has 1 aromatic heterocycles. The molecule has 4 rings (SSSR count). The molecule has 0 bridgehead atoms. The van der Waals surface area contributed by atoms with Crippen LogP contribution < -0.4 is 4.74 Å². The molecular formula is C21H20ClN3O3. The Balaban J connectivity index is 1.51. The van der Waals surface area contributed by atoms with Crippen LogP contribution in [0.5, 0.6) is 5.75 Å². The summed E-state index contributed by atoms with van der Waals surface area (Å²) in [7, 11) is 1.62. The third kappa shape index (κ3) is 3.73. The SMILES string of the molecule is COc1cccc(-c2noc(C3CCCN(C(=O)c4ccccc4Cl)C3)n2)c1. The van der Waals surface area contributed by atoms with Crippen LogP contribution in [0.2, 0.25) is 5.02 Å². The highest BCUT2D eigenvalue weighted by Gasteiger charge is 2.29. The first-order valence-electron chi connectivity index (χ1n) is 9.17. The van der Waals surface area contributed by atoms with Gasteiger partial charge in [-0.25, -0.2) is 0 Å². The van der Waals surface area contributed by atoms with Crippen LogP contribution in [0.15, 0.2) is 53.1 Å². The van der Waals surface area contributed by atoms with E-state index in [4.69, 9.17) is 20.9 Å². The molecule has 1 saturated heterocycles. The zero-order valence-corrected chi connectivity index (χ0v) is 16.2. The summed E-state index contributed by atoms with van der Waals surface area (Å²) in [5.74, 6) is 1.74. The molecule has 144 valence electrons. The lowest BCUT2D eigenvalue weighted by molar-refractivity contribution is 0.0696. The number of amides is 1. The van der Waals surface area contributed by atoms with E-state index in [-0.39, 0.29) is 11.8 Å². The van der Waals surface area contributed by atoms with Crippen molar-refractivity contribution in [3.8, 4) is 17.1 Å². The zero-order chi connectivity index (χ0) is 19.5. The molecule has 6 nitrogen and oxygen atoms in total. The van der Waals surface area contributed by atoms with Crippen LogP contribution in [-0.2, 0) is 0 Å². The molecule has 1 aliphatic heterocycles. The van der Waals surface area contributed by atoms with Gasteiger partial charge >= 0.3 is 0 Å². The number of carbonyl (C=O) groups excluding carboxylic acids is 1. The lowest BCUT2D eigenvalue weighted by Gasteiger charge is -2.31. The fourth-order valence-corrected chi connectivity index (χ4v) is 3.67. The molecule has 0 radical (unpaired) electrons. The Bertz CT molecular complexity index is 988.